The highest BCUT2D eigenvalue weighted by Gasteiger charge is 2.40. The number of benzene rings is 5. The van der Waals surface area contributed by atoms with Crippen LogP contribution in [0.1, 0.15) is 0 Å². The summed E-state index contributed by atoms with van der Waals surface area (Å²) >= 11 is 0. The number of para-hydroxylation sites is 4. The Balaban J connectivity index is 1.56. The Hall–Kier alpha value is -4.07. The van der Waals surface area contributed by atoms with Gasteiger partial charge < -0.3 is 4.42 Å². The lowest BCUT2D eigenvalue weighted by Gasteiger charge is -2.33. The van der Waals surface area contributed by atoms with Crippen LogP contribution in [0.3, 0.4) is 0 Å². The summed E-state index contributed by atoms with van der Waals surface area (Å²) in [7, 11) is -0.931. The minimum absolute atomic E-state index is 0.914. The third kappa shape index (κ3) is 2.88. The number of furan rings is 1. The molecule has 1 aliphatic heterocycles. The lowest BCUT2D eigenvalue weighted by Crippen LogP contribution is -2.22. The summed E-state index contributed by atoms with van der Waals surface area (Å²) in [5.74, 6) is 0. The lowest BCUT2D eigenvalue weighted by atomic mass is 10.1. The molecule has 5 aromatic carbocycles. The van der Waals surface area contributed by atoms with Crippen molar-refractivity contribution in [3.05, 3.63) is 127 Å². The summed E-state index contributed by atoms with van der Waals surface area (Å²) in [4.78, 5) is 0. The minimum Gasteiger partial charge on any atom is -0.456 e. The Kier molecular flexibility index (Phi) is 4.43. The molecule has 4 heteroatoms. The van der Waals surface area contributed by atoms with Crippen LogP contribution in [0, 0.1) is 0 Å². The summed E-state index contributed by atoms with van der Waals surface area (Å²) in [5, 5.41) is 3.60. The Labute approximate surface area is 199 Å². The van der Waals surface area contributed by atoms with Crippen molar-refractivity contribution >= 4 is 58.2 Å². The van der Waals surface area contributed by atoms with E-state index in [1.54, 1.807) is 0 Å². The molecule has 162 valence electrons. The van der Waals surface area contributed by atoms with Crippen molar-refractivity contribution in [1.82, 2.24) is 0 Å². The van der Waals surface area contributed by atoms with Gasteiger partial charge in [0.05, 0.1) is 22.4 Å². The maximum absolute atomic E-state index is 6.26. The van der Waals surface area contributed by atoms with Crippen molar-refractivity contribution in [2.45, 2.75) is 0 Å². The van der Waals surface area contributed by atoms with E-state index < -0.39 is 8.22 Å². The number of rotatable bonds is 3. The Morgan fingerprint density at radius 3 is 1.85 bits per heavy atom. The molecule has 0 spiro atoms. The van der Waals surface area contributed by atoms with Crippen molar-refractivity contribution in [3.63, 3.8) is 0 Å². The van der Waals surface area contributed by atoms with E-state index in [1.165, 1.54) is 28.1 Å². The molecule has 0 saturated carbocycles. The second kappa shape index (κ2) is 7.76. The van der Waals surface area contributed by atoms with Crippen molar-refractivity contribution < 1.29 is 4.42 Å². The lowest BCUT2D eigenvalue weighted by molar-refractivity contribution is 0.669. The molecule has 0 bridgehead atoms. The van der Waals surface area contributed by atoms with Gasteiger partial charge in [0.2, 0.25) is 0 Å². The topological polar surface area (TPSA) is 19.6 Å². The van der Waals surface area contributed by atoms with Gasteiger partial charge in [0, 0.05) is 16.4 Å². The summed E-state index contributed by atoms with van der Waals surface area (Å²) in [6.45, 7) is 0. The van der Waals surface area contributed by atoms with E-state index in [4.69, 9.17) is 4.42 Å². The Morgan fingerprint density at radius 1 is 0.471 bits per heavy atom. The fourth-order valence-electron chi connectivity index (χ4n) is 4.89. The maximum Gasteiger partial charge on any atom is 0.138 e. The molecule has 0 saturated heterocycles. The van der Waals surface area contributed by atoms with Crippen LogP contribution in [0.25, 0.3) is 21.9 Å². The standard InChI is InChI=1S/C30H21N2OP/c1-3-12-22(13-4-1)31-25-17-8-9-18-26(25)32(34(31)23-14-5-2-6-15-23)27-19-11-21-29-30(27)24-16-7-10-20-28(24)33-29/h1-21H. The van der Waals surface area contributed by atoms with Gasteiger partial charge in [-0.25, -0.2) is 0 Å². The summed E-state index contributed by atoms with van der Waals surface area (Å²) in [6.07, 6.45) is 0. The van der Waals surface area contributed by atoms with Gasteiger partial charge in [0.15, 0.2) is 0 Å². The molecule has 7 rings (SSSR count). The predicted octanol–water partition coefficient (Wildman–Crippen LogP) is 8.51. The molecular weight excluding hydrogens is 435 g/mol. The first-order chi connectivity index (χ1) is 16.9. The normalized spacial score (nSPS) is 15.2. The molecule has 2 heterocycles. The highest BCUT2D eigenvalue weighted by atomic mass is 31.1. The van der Waals surface area contributed by atoms with Crippen LogP contribution in [0.2, 0.25) is 0 Å². The third-order valence-electron chi connectivity index (χ3n) is 6.31. The summed E-state index contributed by atoms with van der Waals surface area (Å²) in [5.41, 5.74) is 6.62. The molecule has 6 aromatic rings. The van der Waals surface area contributed by atoms with Crippen LogP contribution in [0.4, 0.5) is 22.7 Å². The van der Waals surface area contributed by atoms with Crippen LogP contribution in [-0.2, 0) is 0 Å². The van der Waals surface area contributed by atoms with E-state index in [2.05, 4.69) is 125 Å². The Bertz CT molecular complexity index is 1630. The van der Waals surface area contributed by atoms with Crippen molar-refractivity contribution in [1.29, 1.82) is 0 Å². The number of fused-ring (bicyclic) bond motifs is 4. The molecule has 1 aliphatic rings. The second-order valence-corrected chi connectivity index (χ2v) is 10.2. The fraction of sp³-hybridized carbons (Fsp3) is 0. The monoisotopic (exact) mass is 456 g/mol. The molecule has 34 heavy (non-hydrogen) atoms. The van der Waals surface area contributed by atoms with Gasteiger partial charge in [-0.1, -0.05) is 84.9 Å². The van der Waals surface area contributed by atoms with Gasteiger partial charge >= 0.3 is 0 Å². The fourth-order valence-corrected chi connectivity index (χ4v) is 7.44. The van der Waals surface area contributed by atoms with E-state index in [9.17, 15) is 0 Å². The SMILES string of the molecule is c1ccc(N2c3ccccc3N(c3cccc4oc5ccccc5c34)P2c2ccccc2)cc1. The average molecular weight is 456 g/mol. The van der Waals surface area contributed by atoms with Crippen LogP contribution < -0.4 is 14.6 Å². The summed E-state index contributed by atoms with van der Waals surface area (Å²) < 4.78 is 11.3. The van der Waals surface area contributed by atoms with Gasteiger partial charge in [0.25, 0.3) is 0 Å². The molecule has 1 atom stereocenters. The molecule has 1 unspecified atom stereocenters. The van der Waals surface area contributed by atoms with Crippen LogP contribution in [0.15, 0.2) is 132 Å². The van der Waals surface area contributed by atoms with E-state index in [0.29, 0.717) is 0 Å². The quantitative estimate of drug-likeness (QED) is 0.249. The molecule has 1 aromatic heterocycles. The van der Waals surface area contributed by atoms with Crippen LogP contribution in [-0.4, -0.2) is 0 Å². The summed E-state index contributed by atoms with van der Waals surface area (Å²) in [6, 6.07) is 45.0. The first kappa shape index (κ1) is 19.4. The molecule has 0 aliphatic carbocycles. The highest BCUT2D eigenvalue weighted by Crippen LogP contribution is 2.65. The van der Waals surface area contributed by atoms with Crippen molar-refractivity contribution in [3.8, 4) is 0 Å². The van der Waals surface area contributed by atoms with Crippen molar-refractivity contribution in [2.75, 3.05) is 9.34 Å². The van der Waals surface area contributed by atoms with E-state index >= 15 is 0 Å². The second-order valence-electron chi connectivity index (χ2n) is 8.32. The van der Waals surface area contributed by atoms with Crippen LogP contribution >= 0.6 is 8.22 Å². The predicted molar refractivity (Wildman–Crippen MR) is 144 cm³/mol. The van der Waals surface area contributed by atoms with E-state index in [-0.39, 0.29) is 0 Å². The van der Waals surface area contributed by atoms with Gasteiger partial charge in [-0.2, -0.15) is 0 Å². The first-order valence-corrected chi connectivity index (χ1v) is 12.6. The number of hydrogen-bond acceptors (Lipinski definition) is 3. The van der Waals surface area contributed by atoms with E-state index in [1.807, 2.05) is 12.1 Å². The number of hydrogen-bond donors (Lipinski definition) is 0. The Morgan fingerprint density at radius 2 is 1.06 bits per heavy atom. The largest absolute Gasteiger partial charge is 0.456 e. The number of nitrogens with zero attached hydrogens (tertiary/aromatic N) is 2. The van der Waals surface area contributed by atoms with Gasteiger partial charge in [0.1, 0.15) is 19.4 Å². The molecule has 0 fully saturated rings. The zero-order valence-corrected chi connectivity index (χ0v) is 19.3. The zero-order chi connectivity index (χ0) is 22.5. The smallest absolute Gasteiger partial charge is 0.138 e. The molecular formula is C30H21N2OP. The highest BCUT2D eigenvalue weighted by molar-refractivity contribution is 7.70. The molecule has 0 amide bonds. The van der Waals surface area contributed by atoms with Gasteiger partial charge in [-0.15, -0.1) is 0 Å². The maximum atomic E-state index is 6.26. The zero-order valence-electron chi connectivity index (χ0n) is 18.4. The molecule has 0 radical (unpaired) electrons. The number of anilines is 4. The minimum atomic E-state index is -0.931. The van der Waals surface area contributed by atoms with Gasteiger partial charge in [-0.3, -0.25) is 9.34 Å². The van der Waals surface area contributed by atoms with Crippen molar-refractivity contribution in [2.24, 2.45) is 0 Å². The molecule has 0 N–H and O–H groups in total. The van der Waals surface area contributed by atoms with E-state index in [0.717, 1.165) is 21.9 Å². The first-order valence-electron chi connectivity index (χ1n) is 11.4. The van der Waals surface area contributed by atoms with Crippen LogP contribution in [0.5, 0.6) is 0 Å². The van der Waals surface area contributed by atoms with Gasteiger partial charge in [-0.05, 0) is 42.5 Å². The average Bonchev–Trinajstić information content (AvgIpc) is 3.46. The third-order valence-corrected chi connectivity index (χ3v) is 8.71. The molecule has 3 nitrogen and oxygen atoms in total.